The van der Waals surface area contributed by atoms with Crippen LogP contribution >= 0.6 is 0 Å². The molecule has 1 aliphatic carbocycles. The second-order valence-corrected chi connectivity index (χ2v) is 7.63. The van der Waals surface area contributed by atoms with E-state index < -0.39 is 11.9 Å². The summed E-state index contributed by atoms with van der Waals surface area (Å²) in [6, 6.07) is 8.00. The van der Waals surface area contributed by atoms with Crippen LogP contribution in [-0.2, 0) is 15.0 Å². The van der Waals surface area contributed by atoms with E-state index in [1.54, 1.807) is 4.90 Å². The summed E-state index contributed by atoms with van der Waals surface area (Å²) in [5, 5.41) is 9.33. The van der Waals surface area contributed by atoms with E-state index in [1.807, 2.05) is 25.1 Å². The average Bonchev–Trinajstić information content (AvgIpc) is 3.28. The standard InChI is InChI=1S/C19H23NO4/c1-12-8-13(18(22)23)11-20(10-12)17(21)15-9-19(15)6-7-24-16-5-3-2-4-14(16)19/h2-5,12-13,15H,6-11H2,1H3,(H,22,23)/t12?,13?,15-,19-/m0/s1. The Hall–Kier alpha value is -2.04. The Balaban J connectivity index is 1.54. The van der Waals surface area contributed by atoms with E-state index in [2.05, 4.69) is 6.07 Å². The average molecular weight is 329 g/mol. The van der Waals surface area contributed by atoms with E-state index in [0.29, 0.717) is 26.1 Å². The maximum absolute atomic E-state index is 13.0. The number of aliphatic carboxylic acids is 1. The summed E-state index contributed by atoms with van der Waals surface area (Å²) in [7, 11) is 0. The first-order valence-electron chi connectivity index (χ1n) is 8.75. The lowest BCUT2D eigenvalue weighted by atomic mass is 9.86. The molecule has 4 rings (SSSR count). The van der Waals surface area contributed by atoms with Crippen LogP contribution in [0.2, 0.25) is 0 Å². The molecular weight excluding hydrogens is 306 g/mol. The Bertz CT molecular complexity index is 688. The van der Waals surface area contributed by atoms with Crippen LogP contribution < -0.4 is 4.74 Å². The van der Waals surface area contributed by atoms with Crippen molar-refractivity contribution in [2.24, 2.45) is 17.8 Å². The van der Waals surface area contributed by atoms with Crippen LogP contribution in [0.15, 0.2) is 24.3 Å². The van der Waals surface area contributed by atoms with E-state index in [4.69, 9.17) is 4.74 Å². The zero-order valence-corrected chi connectivity index (χ0v) is 13.9. The number of carboxylic acids is 1. The zero-order chi connectivity index (χ0) is 16.9. The number of carbonyl (C=O) groups is 2. The Morgan fingerprint density at radius 3 is 2.88 bits per heavy atom. The molecule has 0 bridgehead atoms. The van der Waals surface area contributed by atoms with Crippen LogP contribution in [-0.4, -0.2) is 41.6 Å². The summed E-state index contributed by atoms with van der Waals surface area (Å²) >= 11 is 0. The van der Waals surface area contributed by atoms with Gasteiger partial charge in [-0.3, -0.25) is 9.59 Å². The summed E-state index contributed by atoms with van der Waals surface area (Å²) in [5.74, 6) is 0.0115. The topological polar surface area (TPSA) is 66.8 Å². The Morgan fingerprint density at radius 2 is 2.08 bits per heavy atom. The number of hydrogen-bond donors (Lipinski definition) is 1. The van der Waals surface area contributed by atoms with Crippen molar-refractivity contribution in [1.82, 2.24) is 4.90 Å². The van der Waals surface area contributed by atoms with Crippen molar-refractivity contribution >= 4 is 11.9 Å². The number of nitrogens with zero attached hydrogens (tertiary/aromatic N) is 1. The summed E-state index contributed by atoms with van der Waals surface area (Å²) in [6.45, 7) is 3.70. The minimum absolute atomic E-state index is 0.0257. The maximum atomic E-state index is 13.0. The van der Waals surface area contributed by atoms with Crippen molar-refractivity contribution in [3.63, 3.8) is 0 Å². The second kappa shape index (κ2) is 5.50. The first-order chi connectivity index (χ1) is 11.5. The molecule has 3 aliphatic rings. The van der Waals surface area contributed by atoms with E-state index in [9.17, 15) is 14.7 Å². The van der Waals surface area contributed by atoms with Gasteiger partial charge in [-0.1, -0.05) is 25.1 Å². The van der Waals surface area contributed by atoms with Crippen LogP contribution in [0, 0.1) is 17.8 Å². The number of piperidine rings is 1. The SMILES string of the molecule is CC1CC(C(=O)O)CN(C(=O)[C@@H]2C[C@]23CCOc2ccccc23)C1. The van der Waals surface area contributed by atoms with Crippen LogP contribution in [0.25, 0.3) is 0 Å². The number of likely N-dealkylation sites (tertiary alicyclic amines) is 1. The number of fused-ring (bicyclic) bond motifs is 2. The lowest BCUT2D eigenvalue weighted by molar-refractivity contribution is -0.147. The molecule has 0 aromatic heterocycles. The maximum Gasteiger partial charge on any atom is 0.308 e. The molecule has 5 heteroatoms. The molecule has 1 spiro atoms. The summed E-state index contributed by atoms with van der Waals surface area (Å²) in [4.78, 5) is 26.2. The van der Waals surface area contributed by atoms with Gasteiger partial charge in [0.15, 0.2) is 0 Å². The highest BCUT2D eigenvalue weighted by Gasteiger charge is 2.62. The predicted molar refractivity (Wildman–Crippen MR) is 87.8 cm³/mol. The van der Waals surface area contributed by atoms with Crippen LogP contribution in [0.1, 0.15) is 31.7 Å². The molecule has 2 fully saturated rings. The summed E-state index contributed by atoms with van der Waals surface area (Å²) < 4.78 is 5.74. The van der Waals surface area contributed by atoms with Gasteiger partial charge in [-0.15, -0.1) is 0 Å². The summed E-state index contributed by atoms with van der Waals surface area (Å²) in [6.07, 6.45) is 2.38. The number of ether oxygens (including phenoxy) is 1. The van der Waals surface area contributed by atoms with Crippen LogP contribution in [0.5, 0.6) is 5.75 Å². The van der Waals surface area contributed by atoms with Crippen molar-refractivity contribution < 1.29 is 19.4 Å². The van der Waals surface area contributed by atoms with Gasteiger partial charge >= 0.3 is 5.97 Å². The number of benzene rings is 1. The minimum atomic E-state index is -0.790. The smallest absolute Gasteiger partial charge is 0.308 e. The molecular formula is C19H23NO4. The largest absolute Gasteiger partial charge is 0.493 e. The number of rotatable bonds is 2. The molecule has 1 saturated heterocycles. The number of para-hydroxylation sites is 1. The van der Waals surface area contributed by atoms with Gasteiger partial charge in [0, 0.05) is 30.0 Å². The van der Waals surface area contributed by atoms with Crippen molar-refractivity contribution in [3.05, 3.63) is 29.8 Å². The van der Waals surface area contributed by atoms with Gasteiger partial charge in [-0.25, -0.2) is 0 Å². The minimum Gasteiger partial charge on any atom is -0.493 e. The molecule has 1 aromatic carbocycles. The lowest BCUT2D eigenvalue weighted by Crippen LogP contribution is -2.47. The van der Waals surface area contributed by atoms with E-state index >= 15 is 0 Å². The van der Waals surface area contributed by atoms with E-state index in [1.165, 1.54) is 0 Å². The fourth-order valence-corrected chi connectivity index (χ4v) is 4.62. The molecule has 2 heterocycles. The molecule has 1 N–H and O–H groups in total. The van der Waals surface area contributed by atoms with Gasteiger partial charge in [-0.05, 0) is 31.2 Å². The third kappa shape index (κ3) is 2.38. The molecule has 2 unspecified atom stereocenters. The molecule has 24 heavy (non-hydrogen) atoms. The molecule has 5 nitrogen and oxygen atoms in total. The third-order valence-corrected chi connectivity index (χ3v) is 5.92. The number of carboxylic acid groups (broad SMARTS) is 1. The molecule has 4 atom stereocenters. The Kier molecular flexibility index (Phi) is 3.55. The van der Waals surface area contributed by atoms with Gasteiger partial charge < -0.3 is 14.7 Å². The van der Waals surface area contributed by atoms with Gasteiger partial charge in [0.1, 0.15) is 5.75 Å². The predicted octanol–water partition coefficient (Wildman–Crippen LogP) is 2.30. The fourth-order valence-electron chi connectivity index (χ4n) is 4.62. The first kappa shape index (κ1) is 15.5. The molecule has 1 saturated carbocycles. The van der Waals surface area contributed by atoms with E-state index in [-0.39, 0.29) is 23.2 Å². The van der Waals surface area contributed by atoms with Gasteiger partial charge in [-0.2, -0.15) is 0 Å². The third-order valence-electron chi connectivity index (χ3n) is 5.92. The van der Waals surface area contributed by atoms with Crippen LogP contribution in [0.4, 0.5) is 0 Å². The van der Waals surface area contributed by atoms with Gasteiger partial charge in [0.05, 0.1) is 12.5 Å². The first-order valence-corrected chi connectivity index (χ1v) is 8.75. The quantitative estimate of drug-likeness (QED) is 0.904. The van der Waals surface area contributed by atoms with Crippen molar-refractivity contribution in [2.45, 2.75) is 31.6 Å². The Morgan fingerprint density at radius 1 is 1.29 bits per heavy atom. The second-order valence-electron chi connectivity index (χ2n) is 7.63. The van der Waals surface area contributed by atoms with Gasteiger partial charge in [0.25, 0.3) is 0 Å². The molecule has 1 amide bonds. The molecule has 1 aromatic rings. The zero-order valence-electron chi connectivity index (χ0n) is 13.9. The van der Waals surface area contributed by atoms with Gasteiger partial charge in [0.2, 0.25) is 5.91 Å². The number of carbonyl (C=O) groups excluding carboxylic acids is 1. The lowest BCUT2D eigenvalue weighted by Gasteiger charge is -2.36. The highest BCUT2D eigenvalue weighted by molar-refractivity contribution is 5.85. The van der Waals surface area contributed by atoms with E-state index in [0.717, 1.165) is 24.2 Å². The summed E-state index contributed by atoms with van der Waals surface area (Å²) in [5.41, 5.74) is 1.06. The van der Waals surface area contributed by atoms with Crippen molar-refractivity contribution in [3.8, 4) is 5.75 Å². The molecule has 2 aliphatic heterocycles. The van der Waals surface area contributed by atoms with Crippen molar-refractivity contribution in [2.75, 3.05) is 19.7 Å². The number of amides is 1. The fraction of sp³-hybridized carbons (Fsp3) is 0.579. The Labute approximate surface area is 141 Å². The highest BCUT2D eigenvalue weighted by atomic mass is 16.5. The van der Waals surface area contributed by atoms with Crippen LogP contribution in [0.3, 0.4) is 0 Å². The monoisotopic (exact) mass is 329 g/mol. The molecule has 128 valence electrons. The highest BCUT2D eigenvalue weighted by Crippen LogP contribution is 2.61. The van der Waals surface area contributed by atoms with Crippen molar-refractivity contribution in [1.29, 1.82) is 0 Å². The number of hydrogen-bond acceptors (Lipinski definition) is 3. The molecule has 0 radical (unpaired) electrons. The normalized spacial score (nSPS) is 34.4.